The Morgan fingerprint density at radius 3 is 2.08 bits per heavy atom. The molecular weight excluding hydrogens is 322 g/mol. The lowest BCUT2D eigenvalue weighted by molar-refractivity contribution is 0.431. The summed E-state index contributed by atoms with van der Waals surface area (Å²) in [6.07, 6.45) is 0. The van der Waals surface area contributed by atoms with E-state index in [9.17, 15) is 17.6 Å². The average molecular weight is 324 g/mol. The van der Waals surface area contributed by atoms with Crippen LogP contribution >= 0.6 is 34.2 Å². The van der Waals surface area contributed by atoms with Crippen molar-refractivity contribution in [3.8, 4) is 0 Å². The van der Waals surface area contributed by atoms with Gasteiger partial charge in [-0.15, -0.1) is 0 Å². The van der Waals surface area contributed by atoms with Crippen molar-refractivity contribution in [2.24, 2.45) is 0 Å². The largest absolute Gasteiger partial charge is 0.246 e. The first-order valence-electron chi connectivity index (χ1n) is 3.07. The number of hydrogen-bond acceptors (Lipinski definition) is 0. The average Bonchev–Trinajstić information content (AvgIpc) is 2.13. The molecule has 1 rings (SSSR count). The van der Waals surface area contributed by atoms with Crippen molar-refractivity contribution in [1.82, 2.24) is 0 Å². The van der Waals surface area contributed by atoms with Crippen LogP contribution in [0.25, 0.3) is 0 Å². The highest BCUT2D eigenvalue weighted by molar-refractivity contribution is 14.1. The molecule has 6 heteroatoms. The van der Waals surface area contributed by atoms with Crippen LogP contribution in [0.4, 0.5) is 17.6 Å². The first-order chi connectivity index (χ1) is 6.00. The summed E-state index contributed by atoms with van der Waals surface area (Å²) < 4.78 is 50.2. The SMILES string of the molecule is FCc1c(F)c(Cl)c(F)c(I)c1F. The van der Waals surface area contributed by atoms with E-state index in [-0.39, 0.29) is 0 Å². The molecule has 0 atom stereocenters. The van der Waals surface area contributed by atoms with Crippen molar-refractivity contribution < 1.29 is 17.6 Å². The van der Waals surface area contributed by atoms with Gasteiger partial charge in [-0.2, -0.15) is 0 Å². The maximum Gasteiger partial charge on any atom is 0.161 e. The number of alkyl halides is 1. The third kappa shape index (κ3) is 1.76. The van der Waals surface area contributed by atoms with Crippen LogP contribution in [0.1, 0.15) is 5.56 Å². The highest BCUT2D eigenvalue weighted by Crippen LogP contribution is 2.30. The molecule has 0 fully saturated rings. The predicted octanol–water partition coefficient (Wildman–Crippen LogP) is 3.83. The van der Waals surface area contributed by atoms with E-state index in [2.05, 4.69) is 0 Å². The molecule has 1 aromatic carbocycles. The molecule has 13 heavy (non-hydrogen) atoms. The van der Waals surface area contributed by atoms with Gasteiger partial charge < -0.3 is 0 Å². The molecule has 0 heterocycles. The van der Waals surface area contributed by atoms with Crippen LogP contribution in [0, 0.1) is 21.0 Å². The molecule has 72 valence electrons. The third-order valence-electron chi connectivity index (χ3n) is 1.43. The Bertz CT molecular complexity index is 324. The number of hydrogen-bond donors (Lipinski definition) is 0. The van der Waals surface area contributed by atoms with Gasteiger partial charge in [0.05, 0.1) is 9.13 Å². The Hall–Kier alpha value is -0.0400. The van der Waals surface area contributed by atoms with Gasteiger partial charge in [-0.25, -0.2) is 17.6 Å². The summed E-state index contributed by atoms with van der Waals surface area (Å²) in [5.74, 6) is -3.81. The van der Waals surface area contributed by atoms with E-state index in [4.69, 9.17) is 11.6 Å². The fraction of sp³-hybridized carbons (Fsp3) is 0.143. The van der Waals surface area contributed by atoms with E-state index in [1.807, 2.05) is 0 Å². The summed E-state index contributed by atoms with van der Waals surface area (Å²) in [5, 5.41) is -0.876. The summed E-state index contributed by atoms with van der Waals surface area (Å²) in [7, 11) is 0. The van der Waals surface area contributed by atoms with Gasteiger partial charge in [0.2, 0.25) is 0 Å². The highest BCUT2D eigenvalue weighted by Gasteiger charge is 2.22. The normalized spacial score (nSPS) is 10.6. The Morgan fingerprint density at radius 2 is 1.62 bits per heavy atom. The summed E-state index contributed by atoms with van der Waals surface area (Å²) in [5.41, 5.74) is -0.837. The van der Waals surface area contributed by atoms with Crippen LogP contribution in [0.15, 0.2) is 0 Å². The monoisotopic (exact) mass is 324 g/mol. The van der Waals surface area contributed by atoms with Gasteiger partial charge in [0.1, 0.15) is 17.5 Å². The lowest BCUT2D eigenvalue weighted by Crippen LogP contribution is -2.01. The standard InChI is InChI=1S/C7H2ClF4I/c8-3-4(10)2(1-9)5(11)7(13)6(3)12/h1H2. The molecule has 0 N–H and O–H groups in total. The Balaban J connectivity index is 3.56. The van der Waals surface area contributed by atoms with Gasteiger partial charge in [-0.05, 0) is 22.6 Å². The summed E-state index contributed by atoms with van der Waals surface area (Å²) in [4.78, 5) is 0. The second-order valence-electron chi connectivity index (χ2n) is 2.18. The fourth-order valence-electron chi connectivity index (χ4n) is 0.768. The van der Waals surface area contributed by atoms with E-state index in [0.29, 0.717) is 0 Å². The zero-order valence-electron chi connectivity index (χ0n) is 5.97. The maximum absolute atomic E-state index is 12.9. The summed E-state index contributed by atoms with van der Waals surface area (Å²) >= 11 is 6.44. The molecule has 0 aromatic heterocycles. The molecule has 0 bridgehead atoms. The zero-order valence-corrected chi connectivity index (χ0v) is 8.89. The number of rotatable bonds is 1. The lowest BCUT2D eigenvalue weighted by atomic mass is 10.2. The van der Waals surface area contributed by atoms with Crippen molar-refractivity contribution in [1.29, 1.82) is 0 Å². The molecule has 0 aliphatic carbocycles. The van der Waals surface area contributed by atoms with Crippen LogP contribution in [0.5, 0.6) is 0 Å². The van der Waals surface area contributed by atoms with Gasteiger partial charge in [0.15, 0.2) is 11.6 Å². The first-order valence-corrected chi connectivity index (χ1v) is 4.52. The van der Waals surface area contributed by atoms with Crippen molar-refractivity contribution in [2.75, 3.05) is 0 Å². The molecule has 0 aliphatic rings. The second-order valence-corrected chi connectivity index (χ2v) is 3.64. The molecule has 1 aromatic rings. The molecule has 0 amide bonds. The Kier molecular flexibility index (Phi) is 3.39. The minimum absolute atomic E-state index is 0.503. The molecular formula is C7H2ClF4I. The van der Waals surface area contributed by atoms with Crippen LogP contribution < -0.4 is 0 Å². The molecule has 0 saturated heterocycles. The van der Waals surface area contributed by atoms with Gasteiger partial charge in [-0.3, -0.25) is 0 Å². The van der Waals surface area contributed by atoms with Crippen LogP contribution in [-0.2, 0) is 6.67 Å². The number of benzene rings is 1. The van der Waals surface area contributed by atoms with Gasteiger partial charge in [0.25, 0.3) is 0 Å². The van der Waals surface area contributed by atoms with E-state index in [0.717, 1.165) is 0 Å². The quantitative estimate of drug-likeness (QED) is 0.319. The summed E-state index contributed by atoms with van der Waals surface area (Å²) in [6.45, 7) is -1.35. The maximum atomic E-state index is 12.9. The predicted molar refractivity (Wildman–Crippen MR) is 48.9 cm³/mol. The Morgan fingerprint density at radius 1 is 1.08 bits per heavy atom. The Labute approximate surface area is 90.0 Å². The third-order valence-corrected chi connectivity index (χ3v) is 2.71. The van der Waals surface area contributed by atoms with Gasteiger partial charge in [-0.1, -0.05) is 11.6 Å². The fourth-order valence-corrected chi connectivity index (χ4v) is 1.73. The van der Waals surface area contributed by atoms with Crippen molar-refractivity contribution >= 4 is 34.2 Å². The lowest BCUT2D eigenvalue weighted by Gasteiger charge is -2.05. The number of halogens is 6. The van der Waals surface area contributed by atoms with E-state index in [1.165, 1.54) is 22.6 Å². The van der Waals surface area contributed by atoms with Crippen molar-refractivity contribution in [3.05, 3.63) is 31.6 Å². The molecule has 0 spiro atoms. The van der Waals surface area contributed by atoms with Crippen molar-refractivity contribution in [3.63, 3.8) is 0 Å². The second kappa shape index (κ2) is 4.00. The molecule has 0 radical (unpaired) electrons. The van der Waals surface area contributed by atoms with E-state index < -0.39 is 38.3 Å². The first kappa shape index (κ1) is 11.0. The van der Waals surface area contributed by atoms with Crippen LogP contribution in [0.2, 0.25) is 5.02 Å². The van der Waals surface area contributed by atoms with E-state index in [1.54, 1.807) is 0 Å². The molecule has 0 nitrogen and oxygen atoms in total. The highest BCUT2D eigenvalue weighted by atomic mass is 127. The molecule has 0 saturated carbocycles. The minimum Gasteiger partial charge on any atom is -0.246 e. The van der Waals surface area contributed by atoms with Crippen molar-refractivity contribution in [2.45, 2.75) is 6.67 Å². The topological polar surface area (TPSA) is 0 Å². The van der Waals surface area contributed by atoms with Crippen LogP contribution in [-0.4, -0.2) is 0 Å². The molecule has 0 aliphatic heterocycles. The van der Waals surface area contributed by atoms with E-state index >= 15 is 0 Å². The minimum atomic E-state index is -1.38. The van der Waals surface area contributed by atoms with Gasteiger partial charge >= 0.3 is 0 Å². The van der Waals surface area contributed by atoms with Gasteiger partial charge in [0, 0.05) is 0 Å². The zero-order chi connectivity index (χ0) is 10.2. The molecule has 0 unspecified atom stereocenters. The van der Waals surface area contributed by atoms with Crippen LogP contribution in [0.3, 0.4) is 0 Å². The summed E-state index contributed by atoms with van der Waals surface area (Å²) in [6, 6.07) is 0. The smallest absolute Gasteiger partial charge is 0.161 e.